The Bertz CT molecular complexity index is 314. The van der Waals surface area contributed by atoms with Crippen LogP contribution in [0.3, 0.4) is 0 Å². The molecule has 0 fully saturated rings. The van der Waals surface area contributed by atoms with Crippen LogP contribution in [0.2, 0.25) is 0 Å². The minimum atomic E-state index is -0.346. The van der Waals surface area contributed by atoms with E-state index in [1.165, 1.54) is 6.42 Å². The van der Waals surface area contributed by atoms with Gasteiger partial charge in [0.05, 0.1) is 6.42 Å². The number of ether oxygens (including phenoxy) is 1. The Hall–Kier alpha value is -1.57. The van der Waals surface area contributed by atoms with Gasteiger partial charge in [0.15, 0.2) is 0 Å². The van der Waals surface area contributed by atoms with Crippen LogP contribution in [-0.2, 0) is 16.1 Å². The van der Waals surface area contributed by atoms with Gasteiger partial charge in [0.2, 0.25) is 0 Å². The zero-order chi connectivity index (χ0) is 10.4. The maximum absolute atomic E-state index is 11.1. The summed E-state index contributed by atoms with van der Waals surface area (Å²) in [5.41, 5.74) is 1.68. The van der Waals surface area contributed by atoms with E-state index < -0.39 is 0 Å². The van der Waals surface area contributed by atoms with Gasteiger partial charge >= 0.3 is 5.97 Å². The molecule has 0 saturated heterocycles. The molecule has 0 saturated carbocycles. The van der Waals surface area contributed by atoms with Gasteiger partial charge in [-0.15, -0.1) is 0 Å². The van der Waals surface area contributed by atoms with Gasteiger partial charge in [-0.3, -0.25) is 4.79 Å². The Labute approximate surface area is 84.2 Å². The molecule has 1 rings (SSSR count). The van der Waals surface area contributed by atoms with Crippen molar-refractivity contribution in [3.05, 3.63) is 54.5 Å². The molecule has 0 N–H and O–H groups in total. The van der Waals surface area contributed by atoms with Crippen molar-refractivity contribution in [2.75, 3.05) is 0 Å². The van der Waals surface area contributed by atoms with E-state index in [2.05, 4.69) is 6.58 Å². The van der Waals surface area contributed by atoms with Crippen LogP contribution < -0.4 is 0 Å². The molecule has 0 bridgehead atoms. The Kier molecular flexibility index (Phi) is 3.92. The molecule has 0 spiro atoms. The van der Waals surface area contributed by atoms with Crippen LogP contribution >= 0.6 is 0 Å². The fourth-order valence-electron chi connectivity index (χ4n) is 0.972. The van der Waals surface area contributed by atoms with E-state index in [4.69, 9.17) is 4.74 Å². The number of carbonyl (C=O) groups is 1. The highest BCUT2D eigenvalue weighted by molar-refractivity contribution is 5.82. The molecule has 2 heteroatoms. The van der Waals surface area contributed by atoms with Crippen LogP contribution in [0.4, 0.5) is 0 Å². The summed E-state index contributed by atoms with van der Waals surface area (Å²) in [7, 11) is 0. The predicted molar refractivity (Wildman–Crippen MR) is 55.4 cm³/mol. The van der Waals surface area contributed by atoms with Gasteiger partial charge in [-0.2, -0.15) is 0 Å². The Balaban J connectivity index is 2.34. The first-order valence-corrected chi connectivity index (χ1v) is 4.39. The third kappa shape index (κ3) is 3.90. The second-order valence-corrected chi connectivity index (χ2v) is 3.08. The van der Waals surface area contributed by atoms with Crippen LogP contribution in [0.1, 0.15) is 12.5 Å². The average Bonchev–Trinajstić information content (AvgIpc) is 2.15. The molecule has 14 heavy (non-hydrogen) atoms. The van der Waals surface area contributed by atoms with E-state index in [9.17, 15) is 4.79 Å². The first-order valence-electron chi connectivity index (χ1n) is 4.39. The van der Waals surface area contributed by atoms with E-state index in [1.807, 2.05) is 30.3 Å². The van der Waals surface area contributed by atoms with Gasteiger partial charge in [0.1, 0.15) is 6.61 Å². The van der Waals surface area contributed by atoms with Crippen molar-refractivity contribution < 1.29 is 9.53 Å². The molecule has 0 unspecified atom stereocenters. The van der Waals surface area contributed by atoms with E-state index >= 15 is 0 Å². The lowest BCUT2D eigenvalue weighted by Gasteiger charge is -2.03. The molecular weight excluding hydrogens is 176 g/mol. The van der Waals surface area contributed by atoms with E-state index in [-0.39, 0.29) is 5.97 Å². The number of benzene rings is 1. The van der Waals surface area contributed by atoms with Gasteiger partial charge in [0.25, 0.3) is 0 Å². The number of esters is 1. The highest BCUT2D eigenvalue weighted by Gasteiger charge is 2.03. The molecule has 1 aromatic rings. The Morgan fingerprint density at radius 3 is 2.64 bits per heavy atom. The Morgan fingerprint density at radius 1 is 1.43 bits per heavy atom. The highest BCUT2D eigenvalue weighted by atomic mass is 16.5. The van der Waals surface area contributed by atoms with Crippen molar-refractivity contribution in [1.82, 2.24) is 0 Å². The smallest absolute Gasteiger partial charge is 0.314 e. The summed E-state index contributed by atoms with van der Waals surface area (Å²) in [6.45, 7) is 5.66. The van der Waals surface area contributed by atoms with Gasteiger partial charge in [-0.1, -0.05) is 42.5 Å². The highest BCUT2D eigenvalue weighted by Crippen LogP contribution is 2.03. The molecule has 0 aliphatic rings. The maximum Gasteiger partial charge on any atom is 0.314 e. The monoisotopic (exact) mass is 189 g/mol. The third-order valence-corrected chi connectivity index (χ3v) is 1.59. The van der Waals surface area contributed by atoms with Gasteiger partial charge in [-0.25, -0.2) is 0 Å². The van der Waals surface area contributed by atoms with Gasteiger partial charge < -0.3 is 4.74 Å². The summed E-state index contributed by atoms with van der Waals surface area (Å²) in [5, 5.41) is 0. The van der Waals surface area contributed by atoms with Crippen molar-refractivity contribution in [3.8, 4) is 0 Å². The van der Waals surface area contributed by atoms with E-state index in [0.29, 0.717) is 12.2 Å². The summed E-state index contributed by atoms with van der Waals surface area (Å²) in [6, 6.07) is 9.56. The molecule has 0 aliphatic heterocycles. The summed E-state index contributed by atoms with van der Waals surface area (Å²) in [5.74, 6) is -0.346. The lowest BCUT2D eigenvalue weighted by molar-refractivity contribution is -0.140. The van der Waals surface area contributed by atoms with Crippen molar-refractivity contribution in [3.63, 3.8) is 0 Å². The van der Waals surface area contributed by atoms with Crippen molar-refractivity contribution in [2.24, 2.45) is 0 Å². The van der Waals surface area contributed by atoms with Crippen molar-refractivity contribution in [1.29, 1.82) is 0 Å². The summed E-state index contributed by atoms with van der Waals surface area (Å²) in [6.07, 6.45) is 1.38. The van der Waals surface area contributed by atoms with Crippen LogP contribution in [-0.4, -0.2) is 5.97 Å². The van der Waals surface area contributed by atoms with E-state index in [1.54, 1.807) is 6.92 Å². The molecule has 73 valence electrons. The number of hydrogen-bond donors (Lipinski definition) is 0. The topological polar surface area (TPSA) is 26.3 Å². The van der Waals surface area contributed by atoms with Crippen LogP contribution in [0.15, 0.2) is 42.5 Å². The standard InChI is InChI=1S/C12H13O2/c1-10(2)8-12(13)14-9-11-6-4-3-5-7-11/h3-8H,1,9H2,2H3. The van der Waals surface area contributed by atoms with Crippen molar-refractivity contribution >= 4 is 5.97 Å². The lowest BCUT2D eigenvalue weighted by Crippen LogP contribution is -2.05. The summed E-state index contributed by atoms with van der Waals surface area (Å²) >= 11 is 0. The number of rotatable bonds is 4. The molecule has 2 nitrogen and oxygen atoms in total. The molecule has 1 radical (unpaired) electrons. The normalized spacial score (nSPS) is 9.50. The SMILES string of the molecule is C=C(C)[CH]C(=O)OCc1ccccc1. The first-order chi connectivity index (χ1) is 6.68. The van der Waals surface area contributed by atoms with Crippen LogP contribution in [0.5, 0.6) is 0 Å². The third-order valence-electron chi connectivity index (χ3n) is 1.59. The zero-order valence-electron chi connectivity index (χ0n) is 8.19. The minimum Gasteiger partial charge on any atom is -0.460 e. The first kappa shape index (κ1) is 10.5. The Morgan fingerprint density at radius 2 is 2.07 bits per heavy atom. The molecule has 1 aromatic carbocycles. The summed E-state index contributed by atoms with van der Waals surface area (Å²) < 4.78 is 4.98. The molecule has 0 aromatic heterocycles. The molecule has 0 heterocycles. The maximum atomic E-state index is 11.1. The molecule has 0 aliphatic carbocycles. The van der Waals surface area contributed by atoms with Crippen LogP contribution in [0, 0.1) is 6.42 Å². The van der Waals surface area contributed by atoms with Crippen LogP contribution in [0.25, 0.3) is 0 Å². The quantitative estimate of drug-likeness (QED) is 0.680. The predicted octanol–water partition coefficient (Wildman–Crippen LogP) is 2.51. The minimum absolute atomic E-state index is 0.309. The number of carbonyl (C=O) groups excluding carboxylic acids is 1. The molecule has 0 atom stereocenters. The molecular formula is C12H13O2. The number of hydrogen-bond acceptors (Lipinski definition) is 2. The van der Waals surface area contributed by atoms with Crippen molar-refractivity contribution in [2.45, 2.75) is 13.5 Å². The van der Waals surface area contributed by atoms with E-state index in [0.717, 1.165) is 5.56 Å². The second-order valence-electron chi connectivity index (χ2n) is 3.08. The molecule has 0 amide bonds. The fraction of sp³-hybridized carbons (Fsp3) is 0.167. The zero-order valence-corrected chi connectivity index (χ0v) is 8.19. The summed E-state index contributed by atoms with van der Waals surface area (Å²) in [4.78, 5) is 11.1. The largest absolute Gasteiger partial charge is 0.460 e. The van der Waals surface area contributed by atoms with Gasteiger partial charge in [-0.05, 0) is 12.5 Å². The van der Waals surface area contributed by atoms with Gasteiger partial charge in [0, 0.05) is 0 Å². The average molecular weight is 189 g/mol. The fourth-order valence-corrected chi connectivity index (χ4v) is 0.972. The second kappa shape index (κ2) is 5.22. The lowest BCUT2D eigenvalue weighted by atomic mass is 10.2.